The van der Waals surface area contributed by atoms with Gasteiger partial charge in [-0.25, -0.2) is 0 Å². The summed E-state index contributed by atoms with van der Waals surface area (Å²) in [5.74, 6) is 4.17. The van der Waals surface area contributed by atoms with E-state index in [0.717, 1.165) is 108 Å². The van der Waals surface area contributed by atoms with E-state index in [-0.39, 0.29) is 11.8 Å². The Labute approximate surface area is 322 Å². The van der Waals surface area contributed by atoms with E-state index in [0.29, 0.717) is 35.5 Å². The first kappa shape index (κ1) is 37.2. The van der Waals surface area contributed by atoms with Crippen LogP contribution in [0.2, 0.25) is 0 Å². The van der Waals surface area contributed by atoms with Gasteiger partial charge in [-0.15, -0.1) is 0 Å². The van der Waals surface area contributed by atoms with Crippen molar-refractivity contribution in [2.75, 3.05) is 40.4 Å². The van der Waals surface area contributed by atoms with E-state index in [1.54, 1.807) is 14.2 Å². The van der Waals surface area contributed by atoms with Crippen molar-refractivity contribution in [3.05, 3.63) is 83.9 Å². The molecular formula is C48H60N2O4. The van der Waals surface area contributed by atoms with Crippen molar-refractivity contribution in [1.82, 2.24) is 9.80 Å². The number of ether oxygens (including phenoxy) is 2. The van der Waals surface area contributed by atoms with E-state index >= 15 is 0 Å². The van der Waals surface area contributed by atoms with Crippen LogP contribution in [0.4, 0.5) is 0 Å². The molecular weight excluding hydrogens is 669 g/mol. The highest BCUT2D eigenvalue weighted by Gasteiger charge is 2.42. The molecule has 2 saturated heterocycles. The van der Waals surface area contributed by atoms with Crippen LogP contribution in [-0.4, -0.2) is 73.8 Å². The Bertz CT molecular complexity index is 1950. The highest BCUT2D eigenvalue weighted by Crippen LogP contribution is 2.42. The quantitative estimate of drug-likeness (QED) is 0.121. The third-order valence-electron chi connectivity index (χ3n) is 14.1. The average molecular weight is 729 g/mol. The Balaban J connectivity index is 0.866. The summed E-state index contributed by atoms with van der Waals surface area (Å²) in [6.45, 7) is 6.33. The van der Waals surface area contributed by atoms with Crippen LogP contribution in [-0.2, 0) is 0 Å². The van der Waals surface area contributed by atoms with Crippen molar-refractivity contribution in [2.24, 2.45) is 29.6 Å². The molecule has 0 bridgehead atoms. The number of methoxy groups -OCH3 is 2. The number of benzene rings is 4. The summed E-state index contributed by atoms with van der Waals surface area (Å²) in [6, 6.07) is 25.9. The summed E-state index contributed by atoms with van der Waals surface area (Å²) in [4.78, 5) is 33.7. The second kappa shape index (κ2) is 16.5. The Kier molecular flexibility index (Phi) is 11.4. The molecule has 0 unspecified atom stereocenters. The molecule has 4 aromatic carbocycles. The number of Topliss-reactive ketones (excluding diaryl/α,β-unsaturated/α-hetero) is 2. The van der Waals surface area contributed by atoms with Gasteiger partial charge in [-0.05, 0) is 140 Å². The molecule has 286 valence electrons. The molecule has 4 fully saturated rings. The van der Waals surface area contributed by atoms with E-state index < -0.39 is 0 Å². The van der Waals surface area contributed by atoms with Gasteiger partial charge < -0.3 is 9.47 Å². The first-order valence-corrected chi connectivity index (χ1v) is 21.1. The van der Waals surface area contributed by atoms with Gasteiger partial charge in [0.05, 0.1) is 14.2 Å². The molecule has 0 N–H and O–H groups in total. The minimum atomic E-state index is 0.0687. The molecule has 0 amide bonds. The first-order chi connectivity index (χ1) is 26.4. The van der Waals surface area contributed by atoms with E-state index in [1.165, 1.54) is 44.9 Å². The van der Waals surface area contributed by atoms with Crippen LogP contribution in [0.15, 0.2) is 72.8 Å². The SMILES string of the molecule is CCC[C@H]1CCN(C2CC(CCC[C@@H]3CCN(C4CCC4)C[C@H]3C(=O)c3ccc4cc(OC)ccc4c3)C2)C[C@H]1C(=O)c1ccc2cc(OC)ccc2c1. The summed E-state index contributed by atoms with van der Waals surface area (Å²) in [6.07, 6.45) is 14.5. The van der Waals surface area contributed by atoms with Gasteiger partial charge in [0.2, 0.25) is 0 Å². The fourth-order valence-electron chi connectivity index (χ4n) is 10.5. The Morgan fingerprint density at radius 2 is 1.11 bits per heavy atom. The fourth-order valence-corrected chi connectivity index (χ4v) is 10.5. The smallest absolute Gasteiger partial charge is 0.167 e. The third-order valence-corrected chi connectivity index (χ3v) is 14.1. The van der Waals surface area contributed by atoms with E-state index in [4.69, 9.17) is 9.47 Å². The Hall–Kier alpha value is -3.74. The zero-order valence-corrected chi connectivity index (χ0v) is 32.8. The lowest BCUT2D eigenvalue weighted by atomic mass is 9.72. The van der Waals surface area contributed by atoms with Gasteiger partial charge in [0.1, 0.15) is 11.5 Å². The normalized spacial score (nSPS) is 26.6. The molecule has 6 nitrogen and oxygen atoms in total. The molecule has 2 heterocycles. The van der Waals surface area contributed by atoms with E-state index in [9.17, 15) is 9.59 Å². The zero-order chi connectivity index (χ0) is 37.2. The molecule has 2 saturated carbocycles. The summed E-state index contributed by atoms with van der Waals surface area (Å²) in [5.41, 5.74) is 1.71. The zero-order valence-electron chi connectivity index (χ0n) is 32.8. The average Bonchev–Trinajstić information content (AvgIpc) is 3.17. The number of carbonyl (C=O) groups excluding carboxylic acids is 2. The largest absolute Gasteiger partial charge is 0.497 e. The highest BCUT2D eigenvalue weighted by atomic mass is 16.5. The van der Waals surface area contributed by atoms with Gasteiger partial charge >= 0.3 is 0 Å². The van der Waals surface area contributed by atoms with Crippen LogP contribution in [0.25, 0.3) is 21.5 Å². The van der Waals surface area contributed by atoms with Crippen LogP contribution < -0.4 is 9.47 Å². The molecule has 0 radical (unpaired) electrons. The van der Waals surface area contributed by atoms with Crippen molar-refractivity contribution >= 4 is 33.1 Å². The van der Waals surface area contributed by atoms with Crippen LogP contribution in [0.3, 0.4) is 0 Å². The van der Waals surface area contributed by atoms with Gasteiger partial charge in [-0.1, -0.05) is 69.0 Å². The number of nitrogens with zero attached hydrogens (tertiary/aromatic N) is 2. The van der Waals surface area contributed by atoms with Gasteiger partial charge in [-0.3, -0.25) is 19.4 Å². The maximum absolute atomic E-state index is 14.3. The van der Waals surface area contributed by atoms with Crippen molar-refractivity contribution in [3.63, 3.8) is 0 Å². The monoisotopic (exact) mass is 728 g/mol. The van der Waals surface area contributed by atoms with Gasteiger partial charge in [0.15, 0.2) is 11.6 Å². The molecule has 4 aromatic rings. The third kappa shape index (κ3) is 7.84. The molecule has 6 heteroatoms. The van der Waals surface area contributed by atoms with Gasteiger partial charge in [0.25, 0.3) is 0 Å². The minimum Gasteiger partial charge on any atom is -0.497 e. The number of likely N-dealkylation sites (tertiary alicyclic amines) is 2. The molecule has 4 atom stereocenters. The second-order valence-corrected chi connectivity index (χ2v) is 17.2. The number of hydrogen-bond acceptors (Lipinski definition) is 6. The minimum absolute atomic E-state index is 0.0687. The molecule has 0 spiro atoms. The predicted octanol–water partition coefficient (Wildman–Crippen LogP) is 10.3. The topological polar surface area (TPSA) is 59.1 Å². The summed E-state index contributed by atoms with van der Waals surface area (Å²) in [5, 5.41) is 4.41. The predicted molar refractivity (Wildman–Crippen MR) is 219 cm³/mol. The fraction of sp³-hybridized carbons (Fsp3) is 0.542. The van der Waals surface area contributed by atoms with Crippen molar-refractivity contribution in [3.8, 4) is 11.5 Å². The van der Waals surface area contributed by atoms with Crippen molar-refractivity contribution in [2.45, 2.75) is 96.1 Å². The Morgan fingerprint density at radius 3 is 1.61 bits per heavy atom. The molecule has 8 rings (SSSR count). The second-order valence-electron chi connectivity index (χ2n) is 17.2. The van der Waals surface area contributed by atoms with Crippen LogP contribution >= 0.6 is 0 Å². The lowest BCUT2D eigenvalue weighted by molar-refractivity contribution is 0.0155. The number of hydrogen-bond donors (Lipinski definition) is 0. The lowest BCUT2D eigenvalue weighted by Gasteiger charge is -2.48. The first-order valence-electron chi connectivity index (χ1n) is 21.1. The number of carbonyl (C=O) groups is 2. The number of ketones is 2. The highest BCUT2D eigenvalue weighted by molar-refractivity contribution is 6.02. The van der Waals surface area contributed by atoms with Crippen molar-refractivity contribution < 1.29 is 19.1 Å². The number of fused-ring (bicyclic) bond motifs is 2. The van der Waals surface area contributed by atoms with Gasteiger partial charge in [-0.2, -0.15) is 0 Å². The van der Waals surface area contributed by atoms with Gasteiger partial charge in [0, 0.05) is 48.1 Å². The van der Waals surface area contributed by atoms with Crippen LogP contribution in [0.1, 0.15) is 105 Å². The maximum Gasteiger partial charge on any atom is 0.167 e. The summed E-state index contributed by atoms with van der Waals surface area (Å²) < 4.78 is 10.8. The van der Waals surface area contributed by atoms with Crippen molar-refractivity contribution in [1.29, 1.82) is 0 Å². The molecule has 2 aliphatic carbocycles. The van der Waals surface area contributed by atoms with E-state index in [1.807, 2.05) is 36.4 Å². The standard InChI is InChI=1S/C48H60N2O4/c1-4-7-33-20-23-50(31-45(33)47(51)39-14-12-37-28-43(53-2)18-16-35(37)26-39)42-24-32(25-42)8-5-9-34-21-22-49(41-10-6-11-41)30-46(34)48(52)40-15-13-38-29-44(54-3)19-17-36(38)27-40/h12-19,26-29,32-34,41-42,45-46H,4-11,20-25,30-31H2,1-3H3/t32?,33-,34+,42?,45+,46+/m0/s1. The summed E-state index contributed by atoms with van der Waals surface area (Å²) >= 11 is 0. The Morgan fingerprint density at radius 1 is 0.611 bits per heavy atom. The molecule has 54 heavy (non-hydrogen) atoms. The maximum atomic E-state index is 14.3. The summed E-state index contributed by atoms with van der Waals surface area (Å²) in [7, 11) is 3.39. The number of rotatable bonds is 14. The van der Waals surface area contributed by atoms with Crippen LogP contribution in [0.5, 0.6) is 11.5 Å². The molecule has 2 aliphatic heterocycles. The van der Waals surface area contributed by atoms with Crippen LogP contribution in [0, 0.1) is 29.6 Å². The van der Waals surface area contributed by atoms with E-state index in [2.05, 4.69) is 53.1 Å². The molecule has 4 aliphatic rings. The lowest BCUT2D eigenvalue weighted by Crippen LogP contribution is -2.52. The number of piperidine rings is 2. The molecule has 0 aromatic heterocycles.